The fourth-order valence-electron chi connectivity index (χ4n) is 2.43. The molecule has 1 N–H and O–H groups in total. The summed E-state index contributed by atoms with van der Waals surface area (Å²) in [6.45, 7) is 2.09. The van der Waals surface area contributed by atoms with E-state index in [1.54, 1.807) is 18.2 Å². The van der Waals surface area contributed by atoms with Crippen molar-refractivity contribution in [2.75, 3.05) is 23.4 Å². The highest BCUT2D eigenvalue weighted by Gasteiger charge is 2.25. The lowest BCUT2D eigenvalue weighted by molar-refractivity contribution is -0.121. The summed E-state index contributed by atoms with van der Waals surface area (Å²) in [5, 5.41) is 2.72. The Kier molecular flexibility index (Phi) is 4.23. The van der Waals surface area contributed by atoms with Gasteiger partial charge in [0.2, 0.25) is 11.8 Å². The highest BCUT2D eigenvalue weighted by atomic mass is 16.5. The molecule has 0 aliphatic carbocycles. The molecule has 2 aromatic rings. The average molecular weight is 311 g/mol. The van der Waals surface area contributed by atoms with E-state index in [0.29, 0.717) is 23.9 Å². The summed E-state index contributed by atoms with van der Waals surface area (Å²) < 4.78 is 5.56. The number of nitrogens with one attached hydrogen (secondary N) is 1. The monoisotopic (exact) mass is 311 g/mol. The van der Waals surface area contributed by atoms with Crippen LogP contribution >= 0.6 is 0 Å². The van der Waals surface area contributed by atoms with Gasteiger partial charge in [-0.15, -0.1) is 0 Å². The topological polar surface area (TPSA) is 71.5 Å². The highest BCUT2D eigenvalue weighted by molar-refractivity contribution is 6.03. The number of amides is 2. The SMILES string of the molecule is Cc1cccc(NC(=O)CN2C(=O)CCOc3ccccc32)n1. The van der Waals surface area contributed by atoms with E-state index in [1.807, 2.05) is 31.2 Å². The van der Waals surface area contributed by atoms with Crippen molar-refractivity contribution < 1.29 is 14.3 Å². The molecule has 23 heavy (non-hydrogen) atoms. The number of rotatable bonds is 3. The van der Waals surface area contributed by atoms with Gasteiger partial charge >= 0.3 is 0 Å². The predicted octanol–water partition coefficient (Wildman–Crippen LogP) is 2.14. The second-order valence-corrected chi connectivity index (χ2v) is 5.26. The molecule has 0 spiro atoms. The summed E-state index contributed by atoms with van der Waals surface area (Å²) in [4.78, 5) is 30.2. The van der Waals surface area contributed by atoms with Crippen LogP contribution in [0.15, 0.2) is 42.5 Å². The first kappa shape index (κ1) is 15.0. The summed E-state index contributed by atoms with van der Waals surface area (Å²) in [5.74, 6) is 0.650. The number of aryl methyl sites for hydroxylation is 1. The van der Waals surface area contributed by atoms with E-state index in [4.69, 9.17) is 4.74 Å². The van der Waals surface area contributed by atoms with E-state index in [9.17, 15) is 9.59 Å². The number of ether oxygens (including phenoxy) is 1. The first-order valence-corrected chi connectivity index (χ1v) is 7.39. The Morgan fingerprint density at radius 1 is 1.26 bits per heavy atom. The summed E-state index contributed by atoms with van der Waals surface area (Å²) in [6, 6.07) is 12.6. The molecular weight excluding hydrogens is 294 g/mol. The molecule has 3 rings (SSSR count). The second kappa shape index (κ2) is 6.48. The minimum absolute atomic E-state index is 0.0746. The Bertz CT molecular complexity index is 745. The third-order valence-corrected chi connectivity index (χ3v) is 3.49. The van der Waals surface area contributed by atoms with Crippen LogP contribution in [0.4, 0.5) is 11.5 Å². The molecule has 0 unspecified atom stereocenters. The van der Waals surface area contributed by atoms with E-state index in [-0.39, 0.29) is 24.8 Å². The molecule has 1 aromatic heterocycles. The van der Waals surface area contributed by atoms with Crippen LogP contribution in [0.5, 0.6) is 5.75 Å². The fraction of sp³-hybridized carbons (Fsp3) is 0.235. The van der Waals surface area contributed by atoms with Gasteiger partial charge in [0, 0.05) is 5.69 Å². The van der Waals surface area contributed by atoms with Crippen LogP contribution in [-0.2, 0) is 9.59 Å². The number of pyridine rings is 1. The lowest BCUT2D eigenvalue weighted by atomic mass is 10.2. The Balaban J connectivity index is 1.78. The zero-order valence-corrected chi connectivity index (χ0v) is 12.8. The Labute approximate surface area is 134 Å². The molecule has 0 saturated heterocycles. The molecule has 0 fully saturated rings. The minimum Gasteiger partial charge on any atom is -0.491 e. The van der Waals surface area contributed by atoms with Gasteiger partial charge in [0.05, 0.1) is 18.7 Å². The third kappa shape index (κ3) is 3.48. The van der Waals surface area contributed by atoms with Gasteiger partial charge in [-0.2, -0.15) is 0 Å². The maximum atomic E-state index is 12.3. The van der Waals surface area contributed by atoms with E-state index < -0.39 is 0 Å². The summed E-state index contributed by atoms with van der Waals surface area (Å²) in [6.07, 6.45) is 0.241. The number of aromatic nitrogens is 1. The minimum atomic E-state index is -0.298. The van der Waals surface area contributed by atoms with Crippen LogP contribution in [0, 0.1) is 6.92 Å². The van der Waals surface area contributed by atoms with Crippen molar-refractivity contribution in [3.8, 4) is 5.75 Å². The first-order valence-electron chi connectivity index (χ1n) is 7.39. The van der Waals surface area contributed by atoms with Crippen molar-refractivity contribution in [1.29, 1.82) is 0 Å². The highest BCUT2D eigenvalue weighted by Crippen LogP contribution is 2.30. The molecule has 6 nitrogen and oxygen atoms in total. The van der Waals surface area contributed by atoms with Crippen molar-refractivity contribution in [2.45, 2.75) is 13.3 Å². The van der Waals surface area contributed by atoms with Gasteiger partial charge in [-0.3, -0.25) is 14.5 Å². The predicted molar refractivity (Wildman–Crippen MR) is 86.5 cm³/mol. The smallest absolute Gasteiger partial charge is 0.245 e. The normalized spacial score (nSPS) is 13.8. The fourth-order valence-corrected chi connectivity index (χ4v) is 2.43. The van der Waals surface area contributed by atoms with Crippen LogP contribution in [-0.4, -0.2) is 29.9 Å². The zero-order chi connectivity index (χ0) is 16.2. The molecular formula is C17H17N3O3. The molecule has 0 bridgehead atoms. The average Bonchev–Trinajstić information content (AvgIpc) is 2.67. The first-order chi connectivity index (χ1) is 11.1. The molecule has 1 aliphatic rings. The molecule has 0 radical (unpaired) electrons. The van der Waals surface area contributed by atoms with Crippen LogP contribution in [0.25, 0.3) is 0 Å². The number of anilines is 2. The Morgan fingerprint density at radius 2 is 2.09 bits per heavy atom. The van der Waals surface area contributed by atoms with Gasteiger partial charge in [0.15, 0.2) is 0 Å². The lowest BCUT2D eigenvalue weighted by Gasteiger charge is -2.21. The molecule has 0 atom stereocenters. The van der Waals surface area contributed by atoms with E-state index in [0.717, 1.165) is 5.69 Å². The van der Waals surface area contributed by atoms with Crippen molar-refractivity contribution >= 4 is 23.3 Å². The molecule has 1 aliphatic heterocycles. The molecule has 6 heteroatoms. The number of para-hydroxylation sites is 2. The van der Waals surface area contributed by atoms with Crippen LogP contribution in [0.2, 0.25) is 0 Å². The maximum Gasteiger partial charge on any atom is 0.245 e. The van der Waals surface area contributed by atoms with Crippen molar-refractivity contribution in [3.63, 3.8) is 0 Å². The van der Waals surface area contributed by atoms with E-state index in [1.165, 1.54) is 4.90 Å². The van der Waals surface area contributed by atoms with Gasteiger partial charge in [-0.25, -0.2) is 4.98 Å². The molecule has 2 amide bonds. The molecule has 118 valence electrons. The summed E-state index contributed by atoms with van der Waals surface area (Å²) in [7, 11) is 0. The second-order valence-electron chi connectivity index (χ2n) is 5.26. The van der Waals surface area contributed by atoms with Gasteiger partial charge in [-0.05, 0) is 31.2 Å². The van der Waals surface area contributed by atoms with E-state index >= 15 is 0 Å². The van der Waals surface area contributed by atoms with Gasteiger partial charge in [-0.1, -0.05) is 18.2 Å². The number of hydrogen-bond donors (Lipinski definition) is 1. The quantitative estimate of drug-likeness (QED) is 0.942. The van der Waals surface area contributed by atoms with Crippen LogP contribution in [0.1, 0.15) is 12.1 Å². The molecule has 2 heterocycles. The Morgan fingerprint density at radius 3 is 2.91 bits per heavy atom. The van der Waals surface area contributed by atoms with E-state index in [2.05, 4.69) is 10.3 Å². The standard InChI is InChI=1S/C17H17N3O3/c1-12-5-4-8-15(18-12)19-16(21)11-20-13-6-2-3-7-14(13)23-10-9-17(20)22/h2-8H,9-11H2,1H3,(H,18,19,21). The molecule has 1 aromatic carbocycles. The Hall–Kier alpha value is -2.89. The number of hydrogen-bond acceptors (Lipinski definition) is 4. The maximum absolute atomic E-state index is 12.3. The number of fused-ring (bicyclic) bond motifs is 1. The van der Waals surface area contributed by atoms with Gasteiger partial charge in [0.1, 0.15) is 18.1 Å². The number of benzene rings is 1. The number of carbonyl (C=O) groups is 2. The van der Waals surface area contributed by atoms with Crippen LogP contribution in [0.3, 0.4) is 0 Å². The molecule has 0 saturated carbocycles. The zero-order valence-electron chi connectivity index (χ0n) is 12.8. The third-order valence-electron chi connectivity index (χ3n) is 3.49. The summed E-state index contributed by atoms with van der Waals surface area (Å²) in [5.41, 5.74) is 1.43. The van der Waals surface area contributed by atoms with Crippen molar-refractivity contribution in [3.05, 3.63) is 48.2 Å². The van der Waals surface area contributed by atoms with Gasteiger partial charge < -0.3 is 10.1 Å². The van der Waals surface area contributed by atoms with Crippen molar-refractivity contribution in [2.24, 2.45) is 0 Å². The summed E-state index contributed by atoms with van der Waals surface area (Å²) >= 11 is 0. The number of nitrogens with zero attached hydrogens (tertiary/aromatic N) is 2. The van der Waals surface area contributed by atoms with Crippen molar-refractivity contribution in [1.82, 2.24) is 4.98 Å². The van der Waals surface area contributed by atoms with Gasteiger partial charge in [0.25, 0.3) is 0 Å². The lowest BCUT2D eigenvalue weighted by Crippen LogP contribution is -2.37. The largest absolute Gasteiger partial charge is 0.491 e. The number of carbonyl (C=O) groups excluding carboxylic acids is 2. The van der Waals surface area contributed by atoms with Crippen LogP contribution < -0.4 is 15.0 Å².